The van der Waals surface area contributed by atoms with E-state index in [2.05, 4.69) is 79.7 Å². The standard InChI is InChI=1S/C71H121N19O29/c1-6-7-9-12-72-67(107)50(86(32-48-36-89(83-79-48)16-20-110-24-28-114-70-57(75-44(4)97)65(105)61(101)53(40-93)118-70)33-49-37-90(84-80-49)17-21-111-25-29-115-71-58(76-45(5)98)66(106)62(102)54(41-94)119-71)11-8-10-13-85(30-46-34-87(81-77-46)14-18-108-22-26-112-68-55(73-42(2)95)63(103)59(99)51(38-91)116-68)31-47-35-88(82-78-47)15-19-109-23-27-113-69-56(74-43(3)96)64(104)60(100)52(39-92)117-69/h34-37,50-66,68-71,91-94,99-106H,6-33,38-41H2,1-5H3,(H,72,107)(H,73,95)(H,74,96)(H,75,97)(H,76,98)/t50-,51+,52+,53+,54+,55+,56+,57+,58+,59-,60-,61-,62-,63+,64+,65+,66+,68+,69+,70+,71+/m0/s1. The summed E-state index contributed by atoms with van der Waals surface area (Å²) in [6.07, 6.45) is -10.4. The highest BCUT2D eigenvalue weighted by molar-refractivity contribution is 5.81. The van der Waals surface area contributed by atoms with Crippen LogP contribution in [-0.4, -0.2) is 408 Å². The molecule has 4 saturated heterocycles. The number of nitrogens with zero attached hydrogens (tertiary/aromatic N) is 14. The van der Waals surface area contributed by atoms with Gasteiger partial charge in [-0.15, -0.1) is 20.4 Å². The van der Waals surface area contributed by atoms with Crippen molar-refractivity contribution in [1.29, 1.82) is 0 Å². The van der Waals surface area contributed by atoms with E-state index in [9.17, 15) is 85.3 Å². The molecule has 8 rings (SSSR count). The van der Waals surface area contributed by atoms with Crippen molar-refractivity contribution in [2.75, 3.05) is 119 Å². The van der Waals surface area contributed by atoms with Gasteiger partial charge in [-0.25, -0.2) is 18.7 Å². The second kappa shape index (κ2) is 51.1. The van der Waals surface area contributed by atoms with Gasteiger partial charge in [0.15, 0.2) is 25.2 Å². The van der Waals surface area contributed by atoms with Crippen LogP contribution in [0.5, 0.6) is 0 Å². The van der Waals surface area contributed by atoms with E-state index in [4.69, 9.17) is 56.8 Å². The SMILES string of the molecule is CCCCCNC(=O)[C@H](CCCCN(Cc1cn(CCOCCO[C@@H]2O[C@H](CO)[C@H](O)[C@H](O)[C@H]2NC(C)=O)nn1)Cc1cn(CCOCCO[C@@H]2O[C@H](CO)[C@H](O)[C@H](O)[C@H]2NC(C)=O)nn1)N(Cc1cn(CCOCCO[C@@H]2O[C@H](CO)[C@H](O)[C@H](O)[C@H]2NC(C)=O)nn1)Cc1cn(CCOCCO[C@@H]2O[C@H](CO)[C@H](O)[C@H](O)[C@H]2NC(C)=O)nn1. The largest absolute Gasteiger partial charge is 0.394 e. The Morgan fingerprint density at radius 3 is 0.975 bits per heavy atom. The van der Waals surface area contributed by atoms with Crippen molar-refractivity contribution in [3.8, 4) is 0 Å². The fraction of sp³-hybridized carbons (Fsp3) is 0.817. The first-order valence-electron chi connectivity index (χ1n) is 40.0. The maximum absolute atomic E-state index is 14.9. The van der Waals surface area contributed by atoms with Crippen LogP contribution in [0.3, 0.4) is 0 Å². The number of unbranched alkanes of at least 4 members (excludes halogenated alkanes) is 3. The Morgan fingerprint density at radius 1 is 0.403 bits per heavy atom. The first-order valence-corrected chi connectivity index (χ1v) is 40.0. The maximum atomic E-state index is 14.9. The molecule has 0 radical (unpaired) electrons. The van der Waals surface area contributed by atoms with Crippen LogP contribution in [0.25, 0.3) is 0 Å². The van der Waals surface area contributed by atoms with Gasteiger partial charge in [-0.3, -0.25) is 33.8 Å². The lowest BCUT2D eigenvalue weighted by molar-refractivity contribution is -0.272. The number of hydrogen-bond donors (Lipinski definition) is 17. The van der Waals surface area contributed by atoms with Gasteiger partial charge in [0.1, 0.15) is 97.4 Å². The van der Waals surface area contributed by atoms with Crippen LogP contribution >= 0.6 is 0 Å². The average Bonchev–Trinajstić information content (AvgIpc) is 1.63. The number of carbonyl (C=O) groups excluding carboxylic acids is 5. The second-order valence-electron chi connectivity index (χ2n) is 29.2. The summed E-state index contributed by atoms with van der Waals surface area (Å²) in [4.78, 5) is 66.7. The topological polar surface area (TPSA) is 628 Å². The minimum Gasteiger partial charge on any atom is -0.394 e. The van der Waals surface area contributed by atoms with Gasteiger partial charge in [0, 0.05) is 85.2 Å². The molecule has 674 valence electrons. The van der Waals surface area contributed by atoms with E-state index in [1.54, 1.807) is 43.5 Å². The predicted octanol–water partition coefficient (Wildman–Crippen LogP) is -9.49. The summed E-state index contributed by atoms with van der Waals surface area (Å²) in [5, 5.41) is 172. The third-order valence-corrected chi connectivity index (χ3v) is 19.8. The Kier molecular flexibility index (Phi) is 41.8. The average molecular weight is 1700 g/mol. The van der Waals surface area contributed by atoms with Gasteiger partial charge in [0.05, 0.1) is 161 Å². The van der Waals surface area contributed by atoms with Crippen LogP contribution in [0.2, 0.25) is 0 Å². The fourth-order valence-corrected chi connectivity index (χ4v) is 13.7. The van der Waals surface area contributed by atoms with Crippen molar-refractivity contribution < 1.29 is 142 Å². The number of nitrogens with one attached hydrogen (secondary N) is 5. The summed E-state index contributed by atoms with van der Waals surface area (Å²) in [6.45, 7) is 7.84. The van der Waals surface area contributed by atoms with Gasteiger partial charge in [-0.1, -0.05) is 47.0 Å². The van der Waals surface area contributed by atoms with Crippen molar-refractivity contribution in [3.63, 3.8) is 0 Å². The molecule has 17 N–H and O–H groups in total. The molecule has 4 aliphatic heterocycles. The molecular formula is C71H121N19O29. The number of carbonyl (C=O) groups is 5. The molecule has 48 nitrogen and oxygen atoms in total. The summed E-state index contributed by atoms with van der Waals surface area (Å²) in [5.41, 5.74) is 2.19. The Hall–Kier alpha value is -7.13. The van der Waals surface area contributed by atoms with Crippen molar-refractivity contribution in [2.45, 2.75) is 254 Å². The molecule has 0 aliphatic carbocycles. The first-order chi connectivity index (χ1) is 57.3. The molecule has 48 heteroatoms. The predicted molar refractivity (Wildman–Crippen MR) is 402 cm³/mol. The maximum Gasteiger partial charge on any atom is 0.237 e. The summed E-state index contributed by atoms with van der Waals surface area (Å²) in [6, 6.07) is -5.28. The lowest BCUT2D eigenvalue weighted by Crippen LogP contribution is -2.64. The van der Waals surface area contributed by atoms with Gasteiger partial charge >= 0.3 is 0 Å². The molecule has 21 atom stereocenters. The molecule has 0 unspecified atom stereocenters. The molecule has 0 aromatic carbocycles. The monoisotopic (exact) mass is 1700 g/mol. The normalized spacial score (nSPS) is 27.5. The zero-order chi connectivity index (χ0) is 85.9. The Bertz CT molecular complexity index is 3390. The molecular weight excluding hydrogens is 1580 g/mol. The first kappa shape index (κ1) is 97.3. The molecule has 0 saturated carbocycles. The molecule has 4 aliphatic rings. The highest BCUT2D eigenvalue weighted by Crippen LogP contribution is 2.27. The molecule has 119 heavy (non-hydrogen) atoms. The fourth-order valence-electron chi connectivity index (χ4n) is 13.7. The number of aromatic nitrogens is 12. The van der Waals surface area contributed by atoms with E-state index in [1.165, 1.54) is 27.7 Å². The van der Waals surface area contributed by atoms with Crippen LogP contribution < -0.4 is 26.6 Å². The third-order valence-electron chi connectivity index (χ3n) is 19.8. The van der Waals surface area contributed by atoms with Gasteiger partial charge < -0.3 is 145 Å². The van der Waals surface area contributed by atoms with Crippen LogP contribution in [0.1, 0.15) is 95.9 Å². The van der Waals surface area contributed by atoms with E-state index in [1.807, 2.05) is 4.90 Å². The molecule has 8 heterocycles. The van der Waals surface area contributed by atoms with Gasteiger partial charge in [-0.05, 0) is 25.8 Å². The van der Waals surface area contributed by atoms with Gasteiger partial charge in [0.25, 0.3) is 0 Å². The molecule has 4 aromatic heterocycles. The number of ether oxygens (including phenoxy) is 12. The Labute approximate surface area is 686 Å². The molecule has 5 amide bonds. The lowest BCUT2D eigenvalue weighted by Gasteiger charge is -2.42. The molecule has 4 fully saturated rings. The lowest BCUT2D eigenvalue weighted by atomic mass is 9.97. The Morgan fingerprint density at radius 2 is 0.697 bits per heavy atom. The summed E-state index contributed by atoms with van der Waals surface area (Å²) in [5.74, 6) is -2.23. The zero-order valence-electron chi connectivity index (χ0n) is 67.6. The number of aliphatic hydroxyl groups is 12. The number of amides is 5. The van der Waals surface area contributed by atoms with E-state index in [-0.39, 0.29) is 138 Å². The number of aliphatic hydroxyl groups excluding tert-OH is 12. The van der Waals surface area contributed by atoms with Crippen LogP contribution in [0, 0.1) is 0 Å². The van der Waals surface area contributed by atoms with Crippen molar-refractivity contribution in [3.05, 3.63) is 47.6 Å². The minimum absolute atomic E-state index is 0.0360. The third kappa shape index (κ3) is 31.0. The quantitative estimate of drug-likeness (QED) is 0.0183. The minimum atomic E-state index is -1.49. The zero-order valence-corrected chi connectivity index (χ0v) is 67.6. The van der Waals surface area contributed by atoms with Crippen molar-refractivity contribution >= 4 is 29.5 Å². The van der Waals surface area contributed by atoms with Crippen LogP contribution in [0.4, 0.5) is 0 Å². The van der Waals surface area contributed by atoms with Gasteiger partial charge in [-0.2, -0.15) is 0 Å². The Balaban J connectivity index is 0.936. The highest BCUT2D eigenvalue weighted by atomic mass is 16.7. The van der Waals surface area contributed by atoms with E-state index in [0.717, 1.165) is 19.3 Å². The second-order valence-corrected chi connectivity index (χ2v) is 29.2. The highest BCUT2D eigenvalue weighted by Gasteiger charge is 2.49. The van der Waals surface area contributed by atoms with Crippen LogP contribution in [-0.2, 0) is 133 Å². The summed E-state index contributed by atoms with van der Waals surface area (Å²) < 4.78 is 75.6. The summed E-state index contributed by atoms with van der Waals surface area (Å²) >= 11 is 0. The molecule has 0 bridgehead atoms. The van der Waals surface area contributed by atoms with E-state index in [0.29, 0.717) is 55.1 Å². The number of rotatable bonds is 55. The van der Waals surface area contributed by atoms with Crippen molar-refractivity contribution in [2.24, 2.45) is 0 Å². The smallest absolute Gasteiger partial charge is 0.237 e. The van der Waals surface area contributed by atoms with Crippen LogP contribution in [0.15, 0.2) is 24.8 Å². The van der Waals surface area contributed by atoms with Crippen molar-refractivity contribution in [1.82, 2.24) is 96.4 Å². The van der Waals surface area contributed by atoms with E-state index < -0.39 is 179 Å². The summed E-state index contributed by atoms with van der Waals surface area (Å²) in [7, 11) is 0. The molecule has 4 aromatic rings. The van der Waals surface area contributed by atoms with E-state index >= 15 is 0 Å². The van der Waals surface area contributed by atoms with Gasteiger partial charge in [0.2, 0.25) is 29.5 Å². The number of hydrogen-bond acceptors (Lipinski definition) is 39. The molecule has 0 spiro atoms.